The Morgan fingerprint density at radius 3 is 2.89 bits per heavy atom. The summed E-state index contributed by atoms with van der Waals surface area (Å²) in [7, 11) is 1.30. The van der Waals surface area contributed by atoms with Crippen LogP contribution >= 0.6 is 0 Å². The number of ether oxygens (including phenoxy) is 1. The van der Waals surface area contributed by atoms with E-state index in [0.29, 0.717) is 13.0 Å². The van der Waals surface area contributed by atoms with E-state index in [2.05, 4.69) is 0 Å². The zero-order chi connectivity index (χ0) is 14.0. The van der Waals surface area contributed by atoms with Gasteiger partial charge in [0.1, 0.15) is 11.8 Å². The standard InChI is InChI=1S/C13H16N2O4/c1-19-13(18)11-3-2-6-15(11)12(17)9-7-8(16)4-5-10(9)14/h4-5,7,11,16H,2-3,6,14H2,1H3. The van der Waals surface area contributed by atoms with Crippen molar-refractivity contribution in [2.45, 2.75) is 18.9 Å². The number of aromatic hydroxyl groups is 1. The number of nitrogens with two attached hydrogens (primary N) is 1. The van der Waals surface area contributed by atoms with E-state index in [1.54, 1.807) is 0 Å². The Kier molecular flexibility index (Phi) is 3.59. The van der Waals surface area contributed by atoms with Gasteiger partial charge in [-0.1, -0.05) is 0 Å². The minimum absolute atomic E-state index is 0.0358. The van der Waals surface area contributed by atoms with Gasteiger partial charge in [0.25, 0.3) is 5.91 Å². The van der Waals surface area contributed by atoms with E-state index in [9.17, 15) is 14.7 Å². The lowest BCUT2D eigenvalue weighted by molar-refractivity contribution is -0.145. The van der Waals surface area contributed by atoms with Crippen molar-refractivity contribution in [2.75, 3.05) is 19.4 Å². The van der Waals surface area contributed by atoms with Crippen molar-refractivity contribution >= 4 is 17.6 Å². The van der Waals surface area contributed by atoms with Gasteiger partial charge in [0.15, 0.2) is 0 Å². The summed E-state index contributed by atoms with van der Waals surface area (Å²) in [6, 6.07) is 3.61. The highest BCUT2D eigenvalue weighted by Gasteiger charge is 2.35. The molecule has 1 aromatic rings. The summed E-state index contributed by atoms with van der Waals surface area (Å²) < 4.78 is 4.69. The number of phenolic OH excluding ortho intramolecular Hbond substituents is 1. The Hall–Kier alpha value is -2.24. The van der Waals surface area contributed by atoms with Crippen LogP contribution < -0.4 is 5.73 Å². The predicted octanol–water partition coefficient (Wildman–Crippen LogP) is 0.752. The molecular formula is C13H16N2O4. The third-order valence-electron chi connectivity index (χ3n) is 3.25. The maximum Gasteiger partial charge on any atom is 0.328 e. The Balaban J connectivity index is 2.28. The van der Waals surface area contributed by atoms with E-state index in [-0.39, 0.29) is 22.9 Å². The van der Waals surface area contributed by atoms with Crippen LogP contribution in [0, 0.1) is 0 Å². The molecule has 102 valence electrons. The van der Waals surface area contributed by atoms with Gasteiger partial charge in [0.2, 0.25) is 0 Å². The lowest BCUT2D eigenvalue weighted by Gasteiger charge is -2.23. The zero-order valence-electron chi connectivity index (χ0n) is 10.6. The van der Waals surface area contributed by atoms with Crippen LogP contribution in [-0.4, -0.2) is 41.6 Å². The number of hydrogen-bond donors (Lipinski definition) is 2. The maximum atomic E-state index is 12.4. The summed E-state index contributed by atoms with van der Waals surface area (Å²) in [5.74, 6) is -0.822. The van der Waals surface area contributed by atoms with Crippen molar-refractivity contribution in [3.63, 3.8) is 0 Å². The molecule has 1 aromatic carbocycles. The minimum Gasteiger partial charge on any atom is -0.508 e. The van der Waals surface area contributed by atoms with Crippen molar-refractivity contribution < 1.29 is 19.4 Å². The second kappa shape index (κ2) is 5.17. The third-order valence-corrected chi connectivity index (χ3v) is 3.25. The number of carbonyl (C=O) groups is 2. The van der Waals surface area contributed by atoms with Gasteiger partial charge in [0, 0.05) is 12.2 Å². The Labute approximate surface area is 110 Å². The molecule has 0 bridgehead atoms. The van der Waals surface area contributed by atoms with E-state index in [1.807, 2.05) is 0 Å². The molecule has 1 aliphatic rings. The number of nitrogens with zero attached hydrogens (tertiary/aromatic N) is 1. The van der Waals surface area contributed by atoms with Gasteiger partial charge in [-0.2, -0.15) is 0 Å². The van der Waals surface area contributed by atoms with Crippen LogP contribution in [0.4, 0.5) is 5.69 Å². The fraction of sp³-hybridized carbons (Fsp3) is 0.385. The zero-order valence-corrected chi connectivity index (χ0v) is 10.6. The largest absolute Gasteiger partial charge is 0.508 e. The van der Waals surface area contributed by atoms with Crippen molar-refractivity contribution in [1.29, 1.82) is 0 Å². The summed E-state index contributed by atoms with van der Waals surface area (Å²) in [5, 5.41) is 9.43. The highest BCUT2D eigenvalue weighted by Crippen LogP contribution is 2.25. The van der Waals surface area contributed by atoms with E-state index in [1.165, 1.54) is 30.2 Å². The summed E-state index contributed by atoms with van der Waals surface area (Å²) in [5.41, 5.74) is 6.22. The van der Waals surface area contributed by atoms with Crippen molar-refractivity contribution in [3.8, 4) is 5.75 Å². The molecule has 0 aromatic heterocycles. The first-order chi connectivity index (χ1) is 9.04. The number of methoxy groups -OCH3 is 1. The molecule has 6 heteroatoms. The quantitative estimate of drug-likeness (QED) is 0.467. The number of nitrogen functional groups attached to an aromatic ring is 1. The normalized spacial score (nSPS) is 18.4. The summed E-state index contributed by atoms with van der Waals surface area (Å²) >= 11 is 0. The monoisotopic (exact) mass is 264 g/mol. The number of esters is 1. The Morgan fingerprint density at radius 1 is 1.47 bits per heavy atom. The first-order valence-electron chi connectivity index (χ1n) is 6.02. The smallest absolute Gasteiger partial charge is 0.328 e. The van der Waals surface area contributed by atoms with Crippen molar-refractivity contribution in [2.24, 2.45) is 0 Å². The molecule has 1 fully saturated rings. The summed E-state index contributed by atoms with van der Waals surface area (Å²) in [4.78, 5) is 25.4. The van der Waals surface area contributed by atoms with Crippen LogP contribution in [0.2, 0.25) is 0 Å². The van der Waals surface area contributed by atoms with Crippen LogP contribution in [0.15, 0.2) is 18.2 Å². The number of rotatable bonds is 2. The van der Waals surface area contributed by atoms with Crippen LogP contribution in [-0.2, 0) is 9.53 Å². The SMILES string of the molecule is COC(=O)C1CCCN1C(=O)c1cc(O)ccc1N. The third kappa shape index (κ3) is 2.47. The average molecular weight is 264 g/mol. The summed E-state index contributed by atoms with van der Waals surface area (Å²) in [6.45, 7) is 0.480. The van der Waals surface area contributed by atoms with Crippen molar-refractivity contribution in [3.05, 3.63) is 23.8 Å². The van der Waals surface area contributed by atoms with E-state index in [4.69, 9.17) is 10.5 Å². The molecule has 1 saturated heterocycles. The van der Waals surface area contributed by atoms with E-state index in [0.717, 1.165) is 6.42 Å². The molecule has 0 spiro atoms. The molecule has 1 atom stereocenters. The number of benzene rings is 1. The first kappa shape index (κ1) is 13.2. The fourth-order valence-corrected chi connectivity index (χ4v) is 2.28. The number of hydrogen-bond acceptors (Lipinski definition) is 5. The van der Waals surface area contributed by atoms with E-state index >= 15 is 0 Å². The molecule has 0 saturated carbocycles. The number of anilines is 1. The molecule has 0 radical (unpaired) electrons. The molecular weight excluding hydrogens is 248 g/mol. The minimum atomic E-state index is -0.570. The molecule has 0 aliphatic carbocycles. The van der Waals surface area contributed by atoms with Crippen LogP contribution in [0.25, 0.3) is 0 Å². The van der Waals surface area contributed by atoms with Gasteiger partial charge < -0.3 is 20.5 Å². The van der Waals surface area contributed by atoms with Gasteiger partial charge in [-0.15, -0.1) is 0 Å². The van der Waals surface area contributed by atoms with Crippen LogP contribution in [0.1, 0.15) is 23.2 Å². The maximum absolute atomic E-state index is 12.4. The number of amides is 1. The Bertz CT molecular complexity index is 515. The van der Waals surface area contributed by atoms with Gasteiger partial charge in [-0.05, 0) is 31.0 Å². The number of carbonyl (C=O) groups excluding carboxylic acids is 2. The number of phenols is 1. The van der Waals surface area contributed by atoms with Gasteiger partial charge in [-0.25, -0.2) is 4.79 Å². The van der Waals surface area contributed by atoms with Gasteiger partial charge in [-0.3, -0.25) is 4.79 Å². The molecule has 6 nitrogen and oxygen atoms in total. The van der Waals surface area contributed by atoms with Gasteiger partial charge in [0.05, 0.1) is 12.7 Å². The van der Waals surface area contributed by atoms with Crippen LogP contribution in [0.3, 0.4) is 0 Å². The highest BCUT2D eigenvalue weighted by molar-refractivity contribution is 6.01. The summed E-state index contributed by atoms with van der Waals surface area (Å²) in [6.07, 6.45) is 1.32. The molecule has 3 N–H and O–H groups in total. The molecule has 19 heavy (non-hydrogen) atoms. The van der Waals surface area contributed by atoms with Crippen molar-refractivity contribution in [1.82, 2.24) is 4.90 Å². The lowest BCUT2D eigenvalue weighted by atomic mass is 10.1. The second-order valence-corrected chi connectivity index (χ2v) is 4.45. The number of likely N-dealkylation sites (tertiary alicyclic amines) is 1. The highest BCUT2D eigenvalue weighted by atomic mass is 16.5. The molecule has 2 rings (SSSR count). The van der Waals surface area contributed by atoms with Gasteiger partial charge >= 0.3 is 5.97 Å². The van der Waals surface area contributed by atoms with E-state index < -0.39 is 12.0 Å². The Morgan fingerprint density at radius 2 is 2.21 bits per heavy atom. The second-order valence-electron chi connectivity index (χ2n) is 4.45. The van der Waals surface area contributed by atoms with Crippen LogP contribution in [0.5, 0.6) is 5.75 Å². The molecule has 1 aliphatic heterocycles. The molecule has 1 unspecified atom stereocenters. The molecule has 1 heterocycles. The fourth-order valence-electron chi connectivity index (χ4n) is 2.28. The predicted molar refractivity (Wildman–Crippen MR) is 68.6 cm³/mol. The average Bonchev–Trinajstić information content (AvgIpc) is 2.89. The topological polar surface area (TPSA) is 92.9 Å². The first-order valence-corrected chi connectivity index (χ1v) is 6.02. The molecule has 1 amide bonds. The lowest BCUT2D eigenvalue weighted by Crippen LogP contribution is -2.41.